The molecule has 6 heteroatoms. The van der Waals surface area contributed by atoms with E-state index in [4.69, 9.17) is 4.74 Å². The van der Waals surface area contributed by atoms with E-state index in [9.17, 15) is 4.79 Å². The number of carbonyl (C=O) groups is 1. The van der Waals surface area contributed by atoms with Crippen molar-refractivity contribution in [2.45, 2.75) is 51.4 Å². The molecule has 1 aromatic heterocycles. The van der Waals surface area contributed by atoms with E-state index in [-0.39, 0.29) is 18.1 Å². The molecule has 2 aliphatic rings. The molecule has 1 aromatic carbocycles. The topological polar surface area (TPSA) is 76.1 Å². The van der Waals surface area contributed by atoms with Crippen molar-refractivity contribution < 1.29 is 9.53 Å². The Morgan fingerprint density at radius 2 is 2.08 bits per heavy atom. The molecule has 1 saturated carbocycles. The van der Waals surface area contributed by atoms with Gasteiger partial charge in [0, 0.05) is 12.1 Å². The number of hydrogen-bond acceptors (Lipinski definition) is 5. The zero-order valence-electron chi connectivity index (χ0n) is 15.0. The lowest BCUT2D eigenvalue weighted by molar-refractivity contribution is 0.0394. The molecule has 2 N–H and O–H groups in total. The number of rotatable bonds is 5. The Hall–Kier alpha value is -2.47. The minimum absolute atomic E-state index is 0.108. The number of benzene rings is 1. The van der Waals surface area contributed by atoms with Crippen LogP contribution in [-0.4, -0.2) is 34.6 Å². The molecule has 6 nitrogen and oxygen atoms in total. The molecule has 26 heavy (non-hydrogen) atoms. The van der Waals surface area contributed by atoms with Crippen molar-refractivity contribution in [2.24, 2.45) is 0 Å². The maximum atomic E-state index is 12.1. The fourth-order valence-corrected chi connectivity index (χ4v) is 3.77. The van der Waals surface area contributed by atoms with Gasteiger partial charge in [-0.05, 0) is 38.2 Å². The smallest absolute Gasteiger partial charge is 0.270 e. The van der Waals surface area contributed by atoms with Crippen LogP contribution in [0.2, 0.25) is 0 Å². The van der Waals surface area contributed by atoms with Crippen molar-refractivity contribution in [1.82, 2.24) is 15.3 Å². The fraction of sp³-hybridized carbons (Fsp3) is 0.450. The maximum absolute atomic E-state index is 12.1. The van der Waals surface area contributed by atoms with E-state index >= 15 is 0 Å². The van der Waals surface area contributed by atoms with E-state index in [0.717, 1.165) is 37.1 Å². The zero-order valence-corrected chi connectivity index (χ0v) is 15.0. The van der Waals surface area contributed by atoms with Crippen LogP contribution in [0.5, 0.6) is 0 Å². The summed E-state index contributed by atoms with van der Waals surface area (Å²) in [6.07, 6.45) is 4.12. The summed E-state index contributed by atoms with van der Waals surface area (Å²) in [5.74, 6) is 1.30. The van der Waals surface area contributed by atoms with Crippen LogP contribution in [0.25, 0.3) is 0 Å². The van der Waals surface area contributed by atoms with Gasteiger partial charge in [-0.3, -0.25) is 4.79 Å². The number of hydrogen-bond donors (Lipinski definition) is 2. The molecule has 1 amide bonds. The van der Waals surface area contributed by atoms with Gasteiger partial charge >= 0.3 is 0 Å². The highest BCUT2D eigenvalue weighted by Crippen LogP contribution is 2.28. The summed E-state index contributed by atoms with van der Waals surface area (Å²) in [6, 6.07) is 10.5. The molecule has 1 aliphatic carbocycles. The second kappa shape index (κ2) is 7.41. The molecule has 4 rings (SSSR count). The van der Waals surface area contributed by atoms with Crippen LogP contribution in [0, 0.1) is 6.92 Å². The summed E-state index contributed by atoms with van der Waals surface area (Å²) < 4.78 is 6.18. The summed E-state index contributed by atoms with van der Waals surface area (Å²) in [4.78, 5) is 21.0. The molecule has 0 saturated heterocycles. The predicted molar refractivity (Wildman–Crippen MR) is 99.1 cm³/mol. The lowest BCUT2D eigenvalue weighted by atomic mass is 10.1. The predicted octanol–water partition coefficient (Wildman–Crippen LogP) is 2.62. The van der Waals surface area contributed by atoms with Gasteiger partial charge in [-0.15, -0.1) is 0 Å². The maximum Gasteiger partial charge on any atom is 0.270 e. The Labute approximate surface area is 153 Å². The van der Waals surface area contributed by atoms with Gasteiger partial charge in [-0.1, -0.05) is 30.3 Å². The van der Waals surface area contributed by atoms with Crippen molar-refractivity contribution in [2.75, 3.05) is 11.9 Å². The van der Waals surface area contributed by atoms with Gasteiger partial charge < -0.3 is 15.4 Å². The average Bonchev–Trinajstić information content (AvgIpc) is 3.09. The molecule has 0 unspecified atom stereocenters. The van der Waals surface area contributed by atoms with Crippen LogP contribution in [0.15, 0.2) is 30.3 Å². The first kappa shape index (κ1) is 17.0. The summed E-state index contributed by atoms with van der Waals surface area (Å²) in [7, 11) is 0. The Morgan fingerprint density at radius 1 is 1.23 bits per heavy atom. The molecule has 2 heterocycles. The van der Waals surface area contributed by atoms with Crippen molar-refractivity contribution in [3.63, 3.8) is 0 Å². The Balaban J connectivity index is 1.49. The highest BCUT2D eigenvalue weighted by atomic mass is 16.5. The van der Waals surface area contributed by atoms with Gasteiger partial charge in [0.15, 0.2) is 0 Å². The van der Waals surface area contributed by atoms with Crippen LogP contribution in [-0.2, 0) is 17.8 Å². The van der Waals surface area contributed by atoms with Gasteiger partial charge in [-0.2, -0.15) is 0 Å². The van der Waals surface area contributed by atoms with E-state index in [1.54, 1.807) is 0 Å². The highest BCUT2D eigenvalue weighted by molar-refractivity contribution is 5.96. The minimum Gasteiger partial charge on any atom is -0.371 e. The van der Waals surface area contributed by atoms with Crippen molar-refractivity contribution in [3.05, 3.63) is 53.0 Å². The van der Waals surface area contributed by atoms with Gasteiger partial charge in [-0.25, -0.2) is 9.97 Å². The molecule has 1 fully saturated rings. The zero-order chi connectivity index (χ0) is 17.9. The first-order valence-electron chi connectivity index (χ1n) is 9.28. The molecule has 0 spiro atoms. The number of carbonyl (C=O) groups excluding carboxylic acids is 1. The Bertz CT molecular complexity index is 794. The Kier molecular flexibility index (Phi) is 4.84. The number of nitrogens with one attached hydrogen (secondary N) is 2. The molecule has 2 atom stereocenters. The third-order valence-electron chi connectivity index (χ3n) is 5.08. The van der Waals surface area contributed by atoms with Crippen LogP contribution in [0.3, 0.4) is 0 Å². The first-order chi connectivity index (χ1) is 12.7. The quantitative estimate of drug-likeness (QED) is 0.865. The normalized spacial score (nSPS) is 22.0. The Morgan fingerprint density at radius 3 is 2.92 bits per heavy atom. The van der Waals surface area contributed by atoms with E-state index in [2.05, 4.69) is 32.7 Å². The SMILES string of the molecule is Cc1nc(N[C@@H]2CCC[C@H]2OCc2ccccc2)c2c(n1)C(=O)NCC2. The average molecular weight is 352 g/mol. The number of anilines is 1. The minimum atomic E-state index is -0.108. The van der Waals surface area contributed by atoms with Crippen molar-refractivity contribution in [1.29, 1.82) is 0 Å². The lowest BCUT2D eigenvalue weighted by Gasteiger charge is -2.25. The standard InChI is InChI=1S/C20H24N4O2/c1-13-22-18-15(10-11-21-20(18)25)19(23-13)24-16-8-5-9-17(16)26-12-14-6-3-2-4-7-14/h2-4,6-7,16-17H,5,8-12H2,1H3,(H,21,25)(H,22,23,24)/t16-,17-/m1/s1. The second-order valence-corrected chi connectivity index (χ2v) is 6.97. The second-order valence-electron chi connectivity index (χ2n) is 6.97. The molecule has 136 valence electrons. The van der Waals surface area contributed by atoms with Crippen molar-refractivity contribution >= 4 is 11.7 Å². The first-order valence-corrected chi connectivity index (χ1v) is 9.28. The van der Waals surface area contributed by atoms with E-state index < -0.39 is 0 Å². The third kappa shape index (κ3) is 3.55. The van der Waals surface area contributed by atoms with Gasteiger partial charge in [0.25, 0.3) is 5.91 Å². The van der Waals surface area contributed by atoms with E-state index in [1.807, 2.05) is 25.1 Å². The fourth-order valence-electron chi connectivity index (χ4n) is 3.77. The van der Waals surface area contributed by atoms with Crippen LogP contribution >= 0.6 is 0 Å². The molecule has 0 bridgehead atoms. The van der Waals surface area contributed by atoms with Crippen LogP contribution < -0.4 is 10.6 Å². The van der Waals surface area contributed by atoms with Gasteiger partial charge in [0.1, 0.15) is 17.3 Å². The third-order valence-corrected chi connectivity index (χ3v) is 5.08. The largest absolute Gasteiger partial charge is 0.371 e. The molecule has 1 aliphatic heterocycles. The van der Waals surface area contributed by atoms with Crippen LogP contribution in [0.1, 0.15) is 46.7 Å². The number of fused-ring (bicyclic) bond motifs is 1. The van der Waals surface area contributed by atoms with Crippen LogP contribution in [0.4, 0.5) is 5.82 Å². The monoisotopic (exact) mass is 352 g/mol. The number of aromatic nitrogens is 2. The molecule has 0 radical (unpaired) electrons. The number of amides is 1. The summed E-state index contributed by atoms with van der Waals surface area (Å²) >= 11 is 0. The number of ether oxygens (including phenoxy) is 1. The van der Waals surface area contributed by atoms with Gasteiger partial charge in [0.05, 0.1) is 18.8 Å². The summed E-state index contributed by atoms with van der Waals surface area (Å²) in [6.45, 7) is 3.07. The summed E-state index contributed by atoms with van der Waals surface area (Å²) in [5, 5.41) is 6.41. The highest BCUT2D eigenvalue weighted by Gasteiger charge is 2.30. The molecule has 2 aromatic rings. The lowest BCUT2D eigenvalue weighted by Crippen LogP contribution is -2.36. The number of nitrogens with zero attached hydrogens (tertiary/aromatic N) is 2. The van der Waals surface area contributed by atoms with E-state index in [0.29, 0.717) is 24.7 Å². The number of aryl methyl sites for hydroxylation is 1. The van der Waals surface area contributed by atoms with E-state index in [1.165, 1.54) is 5.56 Å². The van der Waals surface area contributed by atoms with Gasteiger partial charge in [0.2, 0.25) is 0 Å². The summed E-state index contributed by atoms with van der Waals surface area (Å²) in [5.41, 5.74) is 2.61. The van der Waals surface area contributed by atoms with Crippen molar-refractivity contribution in [3.8, 4) is 0 Å². The molecular formula is C20H24N4O2. The molecular weight excluding hydrogens is 328 g/mol.